The van der Waals surface area contributed by atoms with Gasteiger partial charge in [-0.2, -0.15) is 0 Å². The zero-order valence-electron chi connectivity index (χ0n) is 21.0. The zero-order valence-corrected chi connectivity index (χ0v) is 21.0. The number of ether oxygens (including phenoxy) is 3. The van der Waals surface area contributed by atoms with E-state index >= 15 is 0 Å². The maximum absolute atomic E-state index is 13.7. The molecule has 3 aliphatic heterocycles. The van der Waals surface area contributed by atoms with E-state index < -0.39 is 54.8 Å². The number of likely N-dealkylation sites (tertiary alicyclic amines) is 1. The molecule has 3 aromatic rings. The molecule has 0 saturated carbocycles. The van der Waals surface area contributed by atoms with E-state index in [9.17, 15) is 19.5 Å². The van der Waals surface area contributed by atoms with Gasteiger partial charge in [0, 0.05) is 18.7 Å². The summed E-state index contributed by atoms with van der Waals surface area (Å²) in [4.78, 5) is 51.8. The molecule has 6 rings (SSSR count). The molecule has 3 fully saturated rings. The first-order valence-corrected chi connectivity index (χ1v) is 12.7. The highest BCUT2D eigenvalue weighted by Crippen LogP contribution is 2.45. The van der Waals surface area contributed by atoms with Crippen LogP contribution in [0.25, 0.3) is 11.2 Å². The van der Waals surface area contributed by atoms with Crippen LogP contribution in [0, 0.1) is 0 Å². The van der Waals surface area contributed by atoms with Crippen molar-refractivity contribution in [3.63, 3.8) is 0 Å². The molecule has 0 bridgehead atoms. The summed E-state index contributed by atoms with van der Waals surface area (Å²) >= 11 is 0. The van der Waals surface area contributed by atoms with Crippen LogP contribution in [-0.4, -0.2) is 84.9 Å². The molecule has 39 heavy (non-hydrogen) atoms. The Bertz CT molecular complexity index is 1400. The lowest BCUT2D eigenvalue weighted by Gasteiger charge is -2.27. The van der Waals surface area contributed by atoms with E-state index in [-0.39, 0.29) is 5.82 Å². The topological polar surface area (TPSA) is 170 Å². The van der Waals surface area contributed by atoms with Crippen LogP contribution in [0.1, 0.15) is 37.8 Å². The number of carbonyl (C=O) groups is 3. The van der Waals surface area contributed by atoms with Crippen LogP contribution in [0.2, 0.25) is 0 Å². The molecule has 3 N–H and O–H groups in total. The molecule has 6 atom stereocenters. The SMILES string of the molecule is CCNC(=O)Nc1ncnc2c1ncn2C1OC(C(=O)N2CCC[C@H]2C(=O)O)C2O[C@@H](c3ccccc3)OC21. The number of hydrogen-bond donors (Lipinski definition) is 3. The minimum atomic E-state index is -1.11. The number of anilines is 1. The minimum absolute atomic E-state index is 0.207. The van der Waals surface area contributed by atoms with Crippen molar-refractivity contribution in [2.45, 2.75) is 56.6 Å². The summed E-state index contributed by atoms with van der Waals surface area (Å²) in [5, 5.41) is 14.9. The third kappa shape index (κ3) is 4.45. The van der Waals surface area contributed by atoms with Crippen molar-refractivity contribution in [3.05, 3.63) is 48.5 Å². The summed E-state index contributed by atoms with van der Waals surface area (Å²) in [6.07, 6.45) is -0.556. The fourth-order valence-corrected chi connectivity index (χ4v) is 5.33. The van der Waals surface area contributed by atoms with Crippen LogP contribution in [0.15, 0.2) is 43.0 Å². The van der Waals surface area contributed by atoms with Gasteiger partial charge in [0.2, 0.25) is 0 Å². The van der Waals surface area contributed by atoms with Gasteiger partial charge >= 0.3 is 12.0 Å². The Morgan fingerprint density at radius 2 is 1.87 bits per heavy atom. The van der Waals surface area contributed by atoms with Gasteiger partial charge in [-0.25, -0.2) is 24.5 Å². The molecule has 0 aliphatic carbocycles. The first kappa shape index (κ1) is 25.2. The number of amides is 3. The molecule has 14 heteroatoms. The van der Waals surface area contributed by atoms with Gasteiger partial charge in [0.1, 0.15) is 24.6 Å². The number of benzene rings is 1. The fourth-order valence-electron chi connectivity index (χ4n) is 5.33. The van der Waals surface area contributed by atoms with Crippen molar-refractivity contribution >= 4 is 34.9 Å². The van der Waals surface area contributed by atoms with Crippen molar-refractivity contribution < 1.29 is 33.7 Å². The molecule has 3 amide bonds. The van der Waals surface area contributed by atoms with Gasteiger partial charge < -0.3 is 29.5 Å². The molecular formula is C25H27N7O7. The van der Waals surface area contributed by atoms with E-state index in [1.54, 1.807) is 11.5 Å². The van der Waals surface area contributed by atoms with Crippen molar-refractivity contribution in [1.29, 1.82) is 0 Å². The number of fused-ring (bicyclic) bond motifs is 2. The van der Waals surface area contributed by atoms with Gasteiger partial charge in [0.05, 0.1) is 6.33 Å². The summed E-state index contributed by atoms with van der Waals surface area (Å²) in [6.45, 7) is 2.54. The van der Waals surface area contributed by atoms with E-state index in [1.165, 1.54) is 17.6 Å². The van der Waals surface area contributed by atoms with Gasteiger partial charge in [-0.15, -0.1) is 0 Å². The molecule has 0 spiro atoms. The van der Waals surface area contributed by atoms with Gasteiger partial charge in [-0.05, 0) is 19.8 Å². The van der Waals surface area contributed by atoms with Gasteiger partial charge in [-0.1, -0.05) is 30.3 Å². The predicted molar refractivity (Wildman–Crippen MR) is 133 cm³/mol. The smallest absolute Gasteiger partial charge is 0.326 e. The van der Waals surface area contributed by atoms with Crippen LogP contribution < -0.4 is 10.6 Å². The van der Waals surface area contributed by atoms with E-state index in [2.05, 4.69) is 25.6 Å². The number of carbonyl (C=O) groups excluding carboxylic acids is 2. The highest BCUT2D eigenvalue weighted by molar-refractivity contribution is 5.95. The maximum atomic E-state index is 13.7. The Labute approximate surface area is 222 Å². The van der Waals surface area contributed by atoms with Gasteiger partial charge in [0.15, 0.2) is 35.6 Å². The number of imidazole rings is 1. The monoisotopic (exact) mass is 537 g/mol. The Morgan fingerprint density at radius 1 is 1.08 bits per heavy atom. The van der Waals surface area contributed by atoms with Crippen LogP contribution in [-0.2, 0) is 23.8 Å². The zero-order chi connectivity index (χ0) is 27.1. The third-order valence-corrected chi connectivity index (χ3v) is 7.09. The number of urea groups is 1. The molecule has 3 aliphatic rings. The van der Waals surface area contributed by atoms with Gasteiger partial charge in [-0.3, -0.25) is 14.7 Å². The minimum Gasteiger partial charge on any atom is -0.480 e. The number of hydrogen-bond acceptors (Lipinski definition) is 9. The average Bonchev–Trinajstić information content (AvgIpc) is 3.72. The van der Waals surface area contributed by atoms with Crippen LogP contribution in [0.4, 0.5) is 10.6 Å². The summed E-state index contributed by atoms with van der Waals surface area (Å²) in [7, 11) is 0. The highest BCUT2D eigenvalue weighted by Gasteiger charge is 2.58. The Hall–Kier alpha value is -4.14. The maximum Gasteiger partial charge on any atom is 0.326 e. The lowest BCUT2D eigenvalue weighted by atomic mass is 10.1. The largest absolute Gasteiger partial charge is 0.480 e. The first-order valence-electron chi connectivity index (χ1n) is 12.7. The Kier molecular flexibility index (Phi) is 6.58. The molecule has 0 radical (unpaired) electrons. The van der Waals surface area contributed by atoms with Crippen LogP contribution in [0.5, 0.6) is 0 Å². The summed E-state index contributed by atoms with van der Waals surface area (Å²) in [5.41, 5.74) is 1.44. The second kappa shape index (κ2) is 10.2. The molecule has 3 saturated heterocycles. The standard InChI is InChI=1S/C25H27N7O7/c1-2-26-25(36)30-19-15-20(28-11-27-19)32(12-29-15)22-18-16(38-24(39-18)13-7-4-3-5-8-13)17(37-22)21(33)31-10-6-9-14(31)23(34)35/h3-5,7-8,11-12,14,16-18,22,24H,2,6,9-10H2,1H3,(H,34,35)(H2,26,27,28,30,36)/t14-,16?,17?,18?,22?,24+/m0/s1. The fraction of sp³-hybridized carbons (Fsp3) is 0.440. The Morgan fingerprint density at radius 3 is 2.64 bits per heavy atom. The first-order chi connectivity index (χ1) is 19.0. The quantitative estimate of drug-likeness (QED) is 0.418. The lowest BCUT2D eigenvalue weighted by Crippen LogP contribution is -2.49. The number of aromatic nitrogens is 4. The summed E-state index contributed by atoms with van der Waals surface area (Å²) in [5.74, 6) is -1.31. The second-order valence-electron chi connectivity index (χ2n) is 9.45. The molecule has 204 valence electrons. The molecule has 2 aromatic heterocycles. The van der Waals surface area contributed by atoms with Crippen molar-refractivity contribution in [1.82, 2.24) is 29.7 Å². The second-order valence-corrected chi connectivity index (χ2v) is 9.45. The molecule has 14 nitrogen and oxygen atoms in total. The number of aliphatic carboxylic acids is 1. The molecule has 1 aromatic carbocycles. The number of carboxylic acid groups (broad SMARTS) is 1. The van der Waals surface area contributed by atoms with E-state index in [0.29, 0.717) is 37.1 Å². The van der Waals surface area contributed by atoms with Gasteiger partial charge in [0.25, 0.3) is 5.91 Å². The molecule has 5 heterocycles. The Balaban J connectivity index is 1.34. The summed E-state index contributed by atoms with van der Waals surface area (Å²) < 4.78 is 20.4. The van der Waals surface area contributed by atoms with E-state index in [4.69, 9.17) is 14.2 Å². The van der Waals surface area contributed by atoms with E-state index in [1.807, 2.05) is 30.3 Å². The highest BCUT2D eigenvalue weighted by atomic mass is 16.8. The number of rotatable bonds is 6. The number of carboxylic acids is 1. The van der Waals surface area contributed by atoms with Crippen LogP contribution >= 0.6 is 0 Å². The summed E-state index contributed by atoms with van der Waals surface area (Å²) in [6, 6.07) is 7.95. The third-order valence-electron chi connectivity index (χ3n) is 7.09. The lowest BCUT2D eigenvalue weighted by molar-refractivity contribution is -0.171. The molecule has 4 unspecified atom stereocenters. The molecular weight excluding hydrogens is 510 g/mol. The average molecular weight is 538 g/mol. The number of nitrogens with zero attached hydrogens (tertiary/aromatic N) is 5. The van der Waals surface area contributed by atoms with Crippen molar-refractivity contribution in [2.75, 3.05) is 18.4 Å². The van der Waals surface area contributed by atoms with Crippen molar-refractivity contribution in [2.24, 2.45) is 0 Å². The van der Waals surface area contributed by atoms with Crippen LogP contribution in [0.3, 0.4) is 0 Å². The normalized spacial score (nSPS) is 28.0. The number of nitrogens with one attached hydrogen (secondary N) is 2. The van der Waals surface area contributed by atoms with Crippen molar-refractivity contribution in [3.8, 4) is 0 Å². The van der Waals surface area contributed by atoms with E-state index in [0.717, 1.165) is 5.56 Å². The predicted octanol–water partition coefficient (Wildman–Crippen LogP) is 1.42.